The zero-order valence-corrected chi connectivity index (χ0v) is 29.7. The molecule has 3 aromatic carbocycles. The number of aliphatic hydroxyl groups is 1. The molecule has 2 fully saturated rings. The summed E-state index contributed by atoms with van der Waals surface area (Å²) in [6, 6.07) is 22.0. The number of hydrogen-bond donors (Lipinski definition) is 2. The molecule has 0 aromatic heterocycles. The summed E-state index contributed by atoms with van der Waals surface area (Å²) in [6.45, 7) is 5.49. The number of carbonyl (C=O) groups excluding carboxylic acids is 4. The van der Waals surface area contributed by atoms with Crippen molar-refractivity contribution in [3.8, 4) is 0 Å². The predicted molar refractivity (Wildman–Crippen MR) is 195 cm³/mol. The van der Waals surface area contributed by atoms with E-state index >= 15 is 9.59 Å². The molecule has 3 amide bonds. The fourth-order valence-corrected chi connectivity index (χ4v) is 8.61. The molecule has 52 heavy (non-hydrogen) atoms. The number of nitrogens with zero attached hydrogens (tertiary/aromatic N) is 2. The van der Waals surface area contributed by atoms with Gasteiger partial charge in [-0.15, -0.1) is 0 Å². The van der Waals surface area contributed by atoms with Gasteiger partial charge in [-0.05, 0) is 55.9 Å². The third-order valence-electron chi connectivity index (χ3n) is 10.9. The molecule has 0 radical (unpaired) electrons. The Kier molecular flexibility index (Phi) is 9.87. The quantitative estimate of drug-likeness (QED) is 0.286. The van der Waals surface area contributed by atoms with Gasteiger partial charge in [0.25, 0.3) is 5.91 Å². The van der Waals surface area contributed by atoms with Crippen molar-refractivity contribution in [1.82, 2.24) is 10.2 Å². The van der Waals surface area contributed by atoms with Crippen LogP contribution in [0.3, 0.4) is 0 Å². The second kappa shape index (κ2) is 14.5. The number of allylic oxidation sites excluding steroid dienone is 1. The summed E-state index contributed by atoms with van der Waals surface area (Å²) in [7, 11) is 0. The van der Waals surface area contributed by atoms with E-state index in [0.29, 0.717) is 12.0 Å². The number of aliphatic hydroxyl groups excluding tert-OH is 1. The molecule has 270 valence electrons. The standard InChI is InChI=1S/C42H45N3O7/c1-26-14-12-15-27(2)36(26)44-23-13-22-42-35(39(48)45(38(42)40(44)49)31(25-46)24-29-16-6-4-7-17-29)34-32(52-42)20-10-11-21-33(47)43-28(3)37(51-41(34)50)30-18-8-5-9-19-30/h4-10,12-20,22,28,31-32,34-35,37-38,46H,11,21,23-25H2,1-3H3,(H,43,47)/b20-10-/t28-,31-,32-,34+,35+,37+,38-,42+/m1/s1. The van der Waals surface area contributed by atoms with Crippen molar-refractivity contribution in [3.05, 3.63) is 125 Å². The van der Waals surface area contributed by atoms with Crippen molar-refractivity contribution in [3.63, 3.8) is 0 Å². The number of fused-ring (bicyclic) bond motifs is 2. The molecule has 10 heteroatoms. The molecule has 1 spiro atoms. The Hall–Kier alpha value is -5.06. The summed E-state index contributed by atoms with van der Waals surface area (Å²) < 4.78 is 13.2. The maximum Gasteiger partial charge on any atom is 0.313 e. The van der Waals surface area contributed by atoms with Crippen molar-refractivity contribution in [2.75, 3.05) is 18.1 Å². The minimum atomic E-state index is -1.55. The summed E-state index contributed by atoms with van der Waals surface area (Å²) in [4.78, 5) is 61.1. The lowest BCUT2D eigenvalue weighted by Crippen LogP contribution is -2.58. The first kappa shape index (κ1) is 35.3. The minimum absolute atomic E-state index is 0.183. The Morgan fingerprint density at radius 2 is 1.60 bits per heavy atom. The number of amides is 3. The van der Waals surface area contributed by atoms with Gasteiger partial charge < -0.3 is 29.7 Å². The highest BCUT2D eigenvalue weighted by molar-refractivity contribution is 6.06. The second-order valence-corrected chi connectivity index (χ2v) is 14.3. The number of carbonyl (C=O) groups is 4. The summed E-state index contributed by atoms with van der Waals surface area (Å²) >= 11 is 0. The first-order valence-electron chi connectivity index (χ1n) is 18.1. The molecule has 4 aliphatic rings. The minimum Gasteiger partial charge on any atom is -0.455 e. The number of aryl methyl sites for hydroxylation is 2. The van der Waals surface area contributed by atoms with Gasteiger partial charge in [0.1, 0.15) is 23.7 Å². The number of likely N-dealkylation sites (tertiary alicyclic amines) is 1. The van der Waals surface area contributed by atoms with Crippen LogP contribution < -0.4 is 10.2 Å². The van der Waals surface area contributed by atoms with Crippen LogP contribution in [0.1, 0.15) is 48.1 Å². The zero-order valence-electron chi connectivity index (χ0n) is 29.7. The van der Waals surface area contributed by atoms with Crippen molar-refractivity contribution in [1.29, 1.82) is 0 Å². The third-order valence-corrected chi connectivity index (χ3v) is 10.9. The predicted octanol–water partition coefficient (Wildman–Crippen LogP) is 4.53. The van der Waals surface area contributed by atoms with Crippen LogP contribution in [-0.4, -0.2) is 76.7 Å². The van der Waals surface area contributed by atoms with Gasteiger partial charge in [-0.1, -0.05) is 103 Å². The van der Waals surface area contributed by atoms with E-state index in [1.165, 1.54) is 4.90 Å². The Morgan fingerprint density at radius 3 is 2.29 bits per heavy atom. The zero-order chi connectivity index (χ0) is 36.6. The van der Waals surface area contributed by atoms with Crippen LogP contribution in [0.4, 0.5) is 5.69 Å². The van der Waals surface area contributed by atoms with E-state index in [2.05, 4.69) is 5.32 Å². The number of ether oxygens (including phenoxy) is 2. The monoisotopic (exact) mass is 703 g/mol. The highest BCUT2D eigenvalue weighted by atomic mass is 16.6. The number of nitrogens with one attached hydrogen (secondary N) is 1. The fourth-order valence-electron chi connectivity index (χ4n) is 8.61. The smallest absolute Gasteiger partial charge is 0.313 e. The van der Waals surface area contributed by atoms with Crippen LogP contribution in [0.25, 0.3) is 0 Å². The van der Waals surface area contributed by atoms with Gasteiger partial charge in [0.05, 0.1) is 30.7 Å². The lowest BCUT2D eigenvalue weighted by Gasteiger charge is -2.39. The number of benzene rings is 3. The van der Waals surface area contributed by atoms with Gasteiger partial charge in [-0.25, -0.2) is 0 Å². The van der Waals surface area contributed by atoms with Crippen LogP contribution in [0.5, 0.6) is 0 Å². The number of esters is 1. The molecule has 2 saturated heterocycles. The number of hydrogen-bond acceptors (Lipinski definition) is 7. The summed E-state index contributed by atoms with van der Waals surface area (Å²) in [5.74, 6) is -3.91. The number of anilines is 1. The number of rotatable bonds is 6. The van der Waals surface area contributed by atoms with Crippen molar-refractivity contribution < 1.29 is 33.8 Å². The molecule has 0 saturated carbocycles. The van der Waals surface area contributed by atoms with E-state index in [1.807, 2.05) is 98.8 Å². The lowest BCUT2D eigenvalue weighted by molar-refractivity contribution is -0.161. The fraction of sp³-hybridized carbons (Fsp3) is 0.381. The number of para-hydroxylation sites is 1. The van der Waals surface area contributed by atoms with Gasteiger partial charge in [0, 0.05) is 18.7 Å². The van der Waals surface area contributed by atoms with Crippen molar-refractivity contribution in [2.45, 2.75) is 76.0 Å². The Labute approximate surface area is 304 Å². The Bertz CT molecular complexity index is 1880. The molecule has 0 unspecified atom stereocenters. The van der Waals surface area contributed by atoms with Gasteiger partial charge in [-0.3, -0.25) is 19.2 Å². The third kappa shape index (κ3) is 6.24. The molecule has 4 aliphatic heterocycles. The van der Waals surface area contributed by atoms with Crippen molar-refractivity contribution >= 4 is 29.4 Å². The van der Waals surface area contributed by atoms with Gasteiger partial charge >= 0.3 is 5.97 Å². The first-order valence-corrected chi connectivity index (χ1v) is 18.1. The topological polar surface area (TPSA) is 125 Å². The molecule has 8 atom stereocenters. The van der Waals surface area contributed by atoms with E-state index in [0.717, 1.165) is 22.4 Å². The summed E-state index contributed by atoms with van der Waals surface area (Å²) in [6.07, 6.45) is 6.25. The van der Waals surface area contributed by atoms with E-state index in [1.54, 1.807) is 30.1 Å². The largest absolute Gasteiger partial charge is 0.455 e. The average Bonchev–Trinajstić information content (AvgIpc) is 3.53. The summed E-state index contributed by atoms with van der Waals surface area (Å²) in [5.41, 5.74) is 2.57. The van der Waals surface area contributed by atoms with Gasteiger partial charge in [-0.2, -0.15) is 0 Å². The van der Waals surface area contributed by atoms with Gasteiger partial charge in [0.2, 0.25) is 11.8 Å². The molecule has 2 N–H and O–H groups in total. The molecule has 7 rings (SSSR count). The normalized spacial score (nSPS) is 30.2. The second-order valence-electron chi connectivity index (χ2n) is 14.3. The molecule has 10 nitrogen and oxygen atoms in total. The maximum atomic E-state index is 15.2. The Morgan fingerprint density at radius 1 is 0.904 bits per heavy atom. The van der Waals surface area contributed by atoms with Crippen LogP contribution in [0, 0.1) is 25.7 Å². The van der Waals surface area contributed by atoms with Crippen LogP contribution in [0.2, 0.25) is 0 Å². The van der Waals surface area contributed by atoms with Crippen LogP contribution in [-0.2, 0) is 35.1 Å². The maximum absolute atomic E-state index is 15.2. The highest BCUT2D eigenvalue weighted by Gasteiger charge is 2.72. The Balaban J connectivity index is 1.36. The van der Waals surface area contributed by atoms with E-state index < -0.39 is 66.3 Å². The van der Waals surface area contributed by atoms with Gasteiger partial charge in [0.15, 0.2) is 0 Å². The summed E-state index contributed by atoms with van der Waals surface area (Å²) in [5, 5.41) is 13.9. The van der Waals surface area contributed by atoms with E-state index in [-0.39, 0.29) is 31.2 Å². The molecule has 4 heterocycles. The molecule has 0 bridgehead atoms. The highest BCUT2D eigenvalue weighted by Crippen LogP contribution is 2.54. The van der Waals surface area contributed by atoms with Crippen LogP contribution in [0.15, 0.2) is 103 Å². The number of cyclic esters (lactones) is 1. The SMILES string of the molecule is Cc1cccc(C)c1N1CC=C[C@]23O[C@@H]4/C=C\CCC(=O)N[C@H](C)[C@@H](c5ccccc5)OC(=O)[C@@H]4[C@H]2C(=O)N([C@@H](CO)Cc2ccccc2)[C@@H]3C1=O. The lowest BCUT2D eigenvalue weighted by atomic mass is 9.77. The molecule has 3 aromatic rings. The van der Waals surface area contributed by atoms with E-state index in [4.69, 9.17) is 9.47 Å². The average molecular weight is 704 g/mol. The molecule has 0 aliphatic carbocycles. The van der Waals surface area contributed by atoms with E-state index in [9.17, 15) is 14.7 Å². The van der Waals surface area contributed by atoms with Crippen LogP contribution >= 0.6 is 0 Å². The molecular formula is C42H45N3O7. The molecular weight excluding hydrogens is 658 g/mol. The van der Waals surface area contributed by atoms with Crippen molar-refractivity contribution in [2.24, 2.45) is 11.8 Å². The first-order chi connectivity index (χ1) is 25.1.